The summed E-state index contributed by atoms with van der Waals surface area (Å²) in [6, 6.07) is 5.67. The van der Waals surface area contributed by atoms with Crippen LogP contribution in [-0.2, 0) is 4.79 Å². The van der Waals surface area contributed by atoms with Gasteiger partial charge in [0, 0.05) is 23.5 Å². The van der Waals surface area contributed by atoms with Gasteiger partial charge >= 0.3 is 0 Å². The minimum atomic E-state index is -0.254. The zero-order chi connectivity index (χ0) is 17.3. The van der Waals surface area contributed by atoms with Crippen molar-refractivity contribution in [3.63, 3.8) is 0 Å². The SMILES string of the molecule is CN(CC(=O)NC(C)(C)C)c1ccc2nnc(-c3ccsc3)n2n1. The lowest BCUT2D eigenvalue weighted by atomic mass is 10.1. The summed E-state index contributed by atoms with van der Waals surface area (Å²) in [6.45, 7) is 6.10. The summed E-state index contributed by atoms with van der Waals surface area (Å²) >= 11 is 1.60. The lowest BCUT2D eigenvalue weighted by Crippen LogP contribution is -2.45. The monoisotopic (exact) mass is 344 g/mol. The normalized spacial score (nSPS) is 11.7. The fourth-order valence-electron chi connectivity index (χ4n) is 2.31. The molecule has 8 heteroatoms. The number of nitrogens with zero attached hydrogens (tertiary/aromatic N) is 5. The fraction of sp³-hybridized carbons (Fsp3) is 0.375. The first-order chi connectivity index (χ1) is 11.3. The quantitative estimate of drug-likeness (QED) is 0.785. The number of amides is 1. The van der Waals surface area contributed by atoms with Gasteiger partial charge in [-0.05, 0) is 44.4 Å². The molecule has 0 fully saturated rings. The second kappa shape index (κ2) is 6.20. The third-order valence-electron chi connectivity index (χ3n) is 3.31. The Balaban J connectivity index is 1.85. The van der Waals surface area contributed by atoms with Crippen LogP contribution >= 0.6 is 11.3 Å². The summed E-state index contributed by atoms with van der Waals surface area (Å²) in [5.41, 5.74) is 1.40. The van der Waals surface area contributed by atoms with E-state index in [1.165, 1.54) is 0 Å². The van der Waals surface area contributed by atoms with E-state index in [4.69, 9.17) is 0 Å². The van der Waals surface area contributed by atoms with E-state index in [1.807, 2.05) is 56.8 Å². The zero-order valence-corrected chi connectivity index (χ0v) is 15.0. The van der Waals surface area contributed by atoms with Gasteiger partial charge in [0.2, 0.25) is 5.91 Å². The minimum Gasteiger partial charge on any atom is -0.350 e. The van der Waals surface area contributed by atoms with Gasteiger partial charge in [0.1, 0.15) is 5.82 Å². The number of carbonyl (C=O) groups is 1. The molecule has 126 valence electrons. The van der Waals surface area contributed by atoms with Crippen molar-refractivity contribution in [3.05, 3.63) is 29.0 Å². The average Bonchev–Trinajstić information content (AvgIpc) is 3.13. The van der Waals surface area contributed by atoms with Crippen molar-refractivity contribution in [3.8, 4) is 11.4 Å². The van der Waals surface area contributed by atoms with E-state index in [2.05, 4.69) is 20.6 Å². The van der Waals surface area contributed by atoms with E-state index in [0.29, 0.717) is 17.3 Å². The van der Waals surface area contributed by atoms with Crippen LogP contribution in [0.5, 0.6) is 0 Å². The number of hydrogen-bond acceptors (Lipinski definition) is 6. The fourth-order valence-corrected chi connectivity index (χ4v) is 2.94. The summed E-state index contributed by atoms with van der Waals surface area (Å²) < 4.78 is 1.70. The molecule has 7 nitrogen and oxygen atoms in total. The molecule has 0 aromatic carbocycles. The van der Waals surface area contributed by atoms with Gasteiger partial charge in [0.15, 0.2) is 11.5 Å². The van der Waals surface area contributed by atoms with Crippen LogP contribution in [0.4, 0.5) is 5.82 Å². The topological polar surface area (TPSA) is 75.4 Å². The molecule has 3 heterocycles. The maximum Gasteiger partial charge on any atom is 0.239 e. The minimum absolute atomic E-state index is 0.0475. The molecule has 1 amide bonds. The highest BCUT2D eigenvalue weighted by Crippen LogP contribution is 2.21. The first-order valence-corrected chi connectivity index (χ1v) is 8.55. The molecule has 0 aliphatic heterocycles. The van der Waals surface area contributed by atoms with Crippen LogP contribution in [-0.4, -0.2) is 44.8 Å². The molecule has 0 bridgehead atoms. The van der Waals surface area contributed by atoms with Crippen LogP contribution in [0, 0.1) is 0 Å². The average molecular weight is 344 g/mol. The van der Waals surface area contributed by atoms with Crippen molar-refractivity contribution in [1.82, 2.24) is 25.1 Å². The van der Waals surface area contributed by atoms with Crippen LogP contribution in [0.1, 0.15) is 20.8 Å². The van der Waals surface area contributed by atoms with Gasteiger partial charge in [-0.3, -0.25) is 4.79 Å². The Hall–Kier alpha value is -2.48. The number of aromatic nitrogens is 4. The van der Waals surface area contributed by atoms with Crippen LogP contribution in [0.15, 0.2) is 29.0 Å². The molecule has 0 saturated carbocycles. The Bertz CT molecular complexity index is 849. The highest BCUT2D eigenvalue weighted by Gasteiger charge is 2.17. The third kappa shape index (κ3) is 3.53. The van der Waals surface area contributed by atoms with Crippen molar-refractivity contribution in [2.75, 3.05) is 18.5 Å². The number of carbonyl (C=O) groups excluding carboxylic acids is 1. The standard InChI is InChI=1S/C16H20N6OS/c1-16(2,3)17-14(23)9-21(4)13-6-5-12-18-19-15(22(12)20-13)11-7-8-24-10-11/h5-8,10H,9H2,1-4H3,(H,17,23). The molecule has 0 atom stereocenters. The summed E-state index contributed by atoms with van der Waals surface area (Å²) in [5.74, 6) is 1.33. The molecule has 0 radical (unpaired) electrons. The first kappa shape index (κ1) is 16.4. The predicted octanol–water partition coefficient (Wildman–Crippen LogP) is 2.20. The first-order valence-electron chi connectivity index (χ1n) is 7.61. The van der Waals surface area contributed by atoms with Crippen LogP contribution in [0.3, 0.4) is 0 Å². The maximum atomic E-state index is 12.1. The highest BCUT2D eigenvalue weighted by atomic mass is 32.1. The van der Waals surface area contributed by atoms with Gasteiger partial charge in [-0.1, -0.05) is 0 Å². The molecule has 0 spiro atoms. The van der Waals surface area contributed by atoms with Crippen LogP contribution in [0.25, 0.3) is 17.0 Å². The Kier molecular flexibility index (Phi) is 4.23. The Morgan fingerprint density at radius 3 is 2.75 bits per heavy atom. The molecule has 3 aromatic heterocycles. The van der Waals surface area contributed by atoms with Crippen molar-refractivity contribution < 1.29 is 4.79 Å². The van der Waals surface area contributed by atoms with E-state index in [-0.39, 0.29) is 18.0 Å². The van der Waals surface area contributed by atoms with Gasteiger partial charge in [0.25, 0.3) is 0 Å². The molecule has 0 saturated heterocycles. The molecular weight excluding hydrogens is 324 g/mol. The molecule has 3 aromatic rings. The highest BCUT2D eigenvalue weighted by molar-refractivity contribution is 7.08. The summed E-state index contributed by atoms with van der Waals surface area (Å²) in [7, 11) is 1.84. The van der Waals surface area contributed by atoms with Crippen molar-refractivity contribution in [2.24, 2.45) is 0 Å². The molecule has 0 unspecified atom stereocenters. The van der Waals surface area contributed by atoms with Gasteiger partial charge in [-0.15, -0.1) is 15.3 Å². The Morgan fingerprint density at radius 2 is 2.08 bits per heavy atom. The summed E-state index contributed by atoms with van der Waals surface area (Å²) in [5, 5.41) is 19.9. The predicted molar refractivity (Wildman–Crippen MR) is 95.3 cm³/mol. The van der Waals surface area contributed by atoms with Gasteiger partial charge in [-0.2, -0.15) is 15.9 Å². The van der Waals surface area contributed by atoms with E-state index in [1.54, 1.807) is 20.8 Å². The summed E-state index contributed by atoms with van der Waals surface area (Å²) in [6.07, 6.45) is 0. The Labute approximate surface area is 144 Å². The number of anilines is 1. The van der Waals surface area contributed by atoms with Gasteiger partial charge in [0.05, 0.1) is 6.54 Å². The molecule has 1 N–H and O–H groups in total. The lowest BCUT2D eigenvalue weighted by Gasteiger charge is -2.23. The zero-order valence-electron chi connectivity index (χ0n) is 14.1. The molecule has 3 rings (SSSR count). The summed E-state index contributed by atoms with van der Waals surface area (Å²) in [4.78, 5) is 13.9. The van der Waals surface area contributed by atoms with Crippen LogP contribution < -0.4 is 10.2 Å². The van der Waals surface area contributed by atoms with E-state index >= 15 is 0 Å². The Morgan fingerprint density at radius 1 is 1.29 bits per heavy atom. The van der Waals surface area contributed by atoms with Crippen molar-refractivity contribution in [2.45, 2.75) is 26.3 Å². The number of thiophene rings is 1. The third-order valence-corrected chi connectivity index (χ3v) is 4.00. The van der Waals surface area contributed by atoms with Gasteiger partial charge in [-0.25, -0.2) is 0 Å². The maximum absolute atomic E-state index is 12.1. The number of likely N-dealkylation sites (N-methyl/N-ethyl adjacent to an activating group) is 1. The second-order valence-electron chi connectivity index (χ2n) is 6.65. The molecular formula is C16H20N6OS. The largest absolute Gasteiger partial charge is 0.350 e. The van der Waals surface area contributed by atoms with E-state index in [0.717, 1.165) is 5.56 Å². The van der Waals surface area contributed by atoms with E-state index in [9.17, 15) is 4.79 Å². The van der Waals surface area contributed by atoms with Crippen LogP contribution in [0.2, 0.25) is 0 Å². The van der Waals surface area contributed by atoms with Gasteiger partial charge < -0.3 is 10.2 Å². The van der Waals surface area contributed by atoms with Crippen molar-refractivity contribution in [1.29, 1.82) is 0 Å². The second-order valence-corrected chi connectivity index (χ2v) is 7.43. The number of fused-ring (bicyclic) bond motifs is 1. The lowest BCUT2D eigenvalue weighted by molar-refractivity contribution is -0.121. The van der Waals surface area contributed by atoms with E-state index < -0.39 is 0 Å². The molecule has 24 heavy (non-hydrogen) atoms. The smallest absolute Gasteiger partial charge is 0.239 e. The molecule has 0 aliphatic rings. The number of nitrogens with one attached hydrogen (secondary N) is 1. The number of hydrogen-bond donors (Lipinski definition) is 1. The number of rotatable bonds is 4. The molecule has 0 aliphatic carbocycles. The van der Waals surface area contributed by atoms with Crippen molar-refractivity contribution >= 4 is 28.7 Å².